The molecule has 2 rings (SSSR count). The Kier molecular flexibility index (Phi) is 3.20. The number of anilines is 2. The van der Waals surface area contributed by atoms with Crippen molar-refractivity contribution in [2.45, 2.75) is 0 Å². The van der Waals surface area contributed by atoms with Gasteiger partial charge in [0.25, 0.3) is 0 Å². The largest absolute Gasteiger partial charge is 0.478 e. The quantitative estimate of drug-likeness (QED) is 0.818. The zero-order valence-corrected chi connectivity index (χ0v) is 9.35. The molecule has 0 spiro atoms. The van der Waals surface area contributed by atoms with Crippen LogP contribution in [0.5, 0.6) is 0 Å². The third-order valence-electron chi connectivity index (χ3n) is 1.98. The summed E-state index contributed by atoms with van der Waals surface area (Å²) >= 11 is 5.73. The maximum atomic E-state index is 10.8. The number of carbonyl (C=O) groups is 1. The van der Waals surface area contributed by atoms with Crippen molar-refractivity contribution in [1.29, 1.82) is 0 Å². The molecule has 6 heteroatoms. The number of carboxylic acid groups (broad SMARTS) is 1. The second kappa shape index (κ2) is 4.80. The summed E-state index contributed by atoms with van der Waals surface area (Å²) in [6, 6.07) is 7.93. The van der Waals surface area contributed by atoms with Crippen LogP contribution in [-0.2, 0) is 0 Å². The lowest BCUT2D eigenvalue weighted by Crippen LogP contribution is -2.00. The smallest absolute Gasteiger partial charge is 0.335 e. The van der Waals surface area contributed by atoms with Crippen LogP contribution in [0.15, 0.2) is 36.5 Å². The van der Waals surface area contributed by atoms with Gasteiger partial charge in [0.2, 0.25) is 0 Å². The van der Waals surface area contributed by atoms with E-state index in [2.05, 4.69) is 15.3 Å². The van der Waals surface area contributed by atoms with Crippen LogP contribution in [0, 0.1) is 0 Å². The lowest BCUT2D eigenvalue weighted by Gasteiger charge is -2.05. The highest BCUT2D eigenvalue weighted by Crippen LogP contribution is 2.15. The molecule has 2 N–H and O–H groups in total. The van der Waals surface area contributed by atoms with Gasteiger partial charge < -0.3 is 10.4 Å². The van der Waals surface area contributed by atoms with Gasteiger partial charge in [-0.25, -0.2) is 14.8 Å². The first kappa shape index (κ1) is 11.3. The van der Waals surface area contributed by atoms with Crippen LogP contribution in [-0.4, -0.2) is 21.0 Å². The van der Waals surface area contributed by atoms with Gasteiger partial charge in [-0.15, -0.1) is 0 Å². The molecule has 0 aromatic carbocycles. The fourth-order valence-electron chi connectivity index (χ4n) is 1.24. The number of carboxylic acids is 1. The van der Waals surface area contributed by atoms with Crippen molar-refractivity contribution < 1.29 is 9.90 Å². The number of hydrogen-bond acceptors (Lipinski definition) is 4. The van der Waals surface area contributed by atoms with Crippen LogP contribution in [0.4, 0.5) is 11.6 Å². The van der Waals surface area contributed by atoms with Gasteiger partial charge in [-0.1, -0.05) is 17.7 Å². The molecule has 0 saturated heterocycles. The van der Waals surface area contributed by atoms with E-state index in [1.807, 2.05) is 0 Å². The summed E-state index contributed by atoms with van der Waals surface area (Å²) in [6.45, 7) is 0. The van der Waals surface area contributed by atoms with Crippen molar-refractivity contribution in [1.82, 2.24) is 9.97 Å². The lowest BCUT2D eigenvalue weighted by molar-refractivity contribution is 0.0697. The summed E-state index contributed by atoms with van der Waals surface area (Å²) < 4.78 is 0. The van der Waals surface area contributed by atoms with Crippen LogP contribution < -0.4 is 5.32 Å². The predicted octanol–water partition coefficient (Wildman–Crippen LogP) is 2.57. The standard InChI is InChI=1S/C11H8ClN3O2/c12-8-2-1-3-9(14-8)15-10-6-7(11(16)17)4-5-13-10/h1-6H,(H,16,17)(H,13,14,15). The molecule has 0 aliphatic rings. The van der Waals surface area contributed by atoms with E-state index in [1.54, 1.807) is 18.2 Å². The number of aromatic carboxylic acids is 1. The summed E-state index contributed by atoms with van der Waals surface area (Å²) in [4.78, 5) is 18.8. The van der Waals surface area contributed by atoms with E-state index in [4.69, 9.17) is 16.7 Å². The van der Waals surface area contributed by atoms with Gasteiger partial charge in [0.15, 0.2) is 0 Å². The van der Waals surface area contributed by atoms with Gasteiger partial charge >= 0.3 is 5.97 Å². The molecule has 0 saturated carbocycles. The number of aromatic nitrogens is 2. The molecule has 5 nitrogen and oxygen atoms in total. The average molecular weight is 250 g/mol. The van der Waals surface area contributed by atoms with Crippen LogP contribution in [0.3, 0.4) is 0 Å². The molecule has 17 heavy (non-hydrogen) atoms. The topological polar surface area (TPSA) is 75.1 Å². The number of halogens is 1. The molecule has 86 valence electrons. The van der Waals surface area contributed by atoms with Crippen LogP contribution in [0.1, 0.15) is 10.4 Å². The molecule has 0 unspecified atom stereocenters. The fraction of sp³-hybridized carbons (Fsp3) is 0. The third-order valence-corrected chi connectivity index (χ3v) is 2.19. The molecule has 0 bridgehead atoms. The number of pyridine rings is 2. The van der Waals surface area contributed by atoms with Crippen molar-refractivity contribution in [3.8, 4) is 0 Å². The van der Waals surface area contributed by atoms with E-state index in [1.165, 1.54) is 18.3 Å². The summed E-state index contributed by atoms with van der Waals surface area (Å²) in [5.74, 6) is -0.0956. The van der Waals surface area contributed by atoms with Crippen LogP contribution in [0.2, 0.25) is 5.15 Å². The van der Waals surface area contributed by atoms with E-state index >= 15 is 0 Å². The Bertz CT molecular complexity index is 560. The molecule has 0 amide bonds. The summed E-state index contributed by atoms with van der Waals surface area (Å²) in [6.07, 6.45) is 1.41. The van der Waals surface area contributed by atoms with E-state index in [-0.39, 0.29) is 5.56 Å². The van der Waals surface area contributed by atoms with Gasteiger partial charge in [-0.05, 0) is 24.3 Å². The van der Waals surface area contributed by atoms with Crippen molar-refractivity contribution >= 4 is 29.2 Å². The van der Waals surface area contributed by atoms with Gasteiger partial charge in [0.05, 0.1) is 5.56 Å². The van der Waals surface area contributed by atoms with E-state index in [0.29, 0.717) is 16.8 Å². The predicted molar refractivity (Wildman–Crippen MR) is 63.7 cm³/mol. The highest BCUT2D eigenvalue weighted by Gasteiger charge is 2.04. The minimum Gasteiger partial charge on any atom is -0.478 e. The lowest BCUT2D eigenvalue weighted by atomic mass is 10.2. The first-order valence-corrected chi connectivity index (χ1v) is 5.12. The van der Waals surface area contributed by atoms with E-state index in [9.17, 15) is 4.79 Å². The highest BCUT2D eigenvalue weighted by molar-refractivity contribution is 6.29. The second-order valence-electron chi connectivity index (χ2n) is 3.21. The Morgan fingerprint density at radius 3 is 2.82 bits per heavy atom. The first-order chi connectivity index (χ1) is 8.15. The maximum absolute atomic E-state index is 10.8. The van der Waals surface area contributed by atoms with Gasteiger partial charge in [-0.3, -0.25) is 0 Å². The Morgan fingerprint density at radius 2 is 2.12 bits per heavy atom. The van der Waals surface area contributed by atoms with Crippen molar-refractivity contribution in [2.75, 3.05) is 5.32 Å². The van der Waals surface area contributed by atoms with E-state index < -0.39 is 5.97 Å². The Balaban J connectivity index is 2.24. The van der Waals surface area contributed by atoms with Crippen molar-refractivity contribution in [3.05, 3.63) is 47.2 Å². The summed E-state index contributed by atoms with van der Waals surface area (Å²) in [5, 5.41) is 12.0. The Labute approximate surface area is 102 Å². The Morgan fingerprint density at radius 1 is 1.29 bits per heavy atom. The number of nitrogens with one attached hydrogen (secondary N) is 1. The molecule has 0 radical (unpaired) electrons. The number of rotatable bonds is 3. The zero-order chi connectivity index (χ0) is 12.3. The molecule has 0 fully saturated rings. The molecular weight excluding hydrogens is 242 g/mol. The summed E-state index contributed by atoms with van der Waals surface area (Å²) in [7, 11) is 0. The SMILES string of the molecule is O=C(O)c1ccnc(Nc2cccc(Cl)n2)c1. The summed E-state index contributed by atoms with van der Waals surface area (Å²) in [5.41, 5.74) is 0.157. The van der Waals surface area contributed by atoms with Crippen LogP contribution in [0.25, 0.3) is 0 Å². The molecule has 2 aromatic heterocycles. The molecule has 0 atom stereocenters. The monoisotopic (exact) mass is 249 g/mol. The molecule has 2 heterocycles. The average Bonchev–Trinajstić information content (AvgIpc) is 2.29. The van der Waals surface area contributed by atoms with E-state index in [0.717, 1.165) is 0 Å². The molecule has 2 aromatic rings. The first-order valence-electron chi connectivity index (χ1n) is 4.74. The Hall–Kier alpha value is -2.14. The highest BCUT2D eigenvalue weighted by atomic mass is 35.5. The minimum atomic E-state index is -1.01. The molecular formula is C11H8ClN3O2. The van der Waals surface area contributed by atoms with Gasteiger partial charge in [-0.2, -0.15) is 0 Å². The zero-order valence-electron chi connectivity index (χ0n) is 8.59. The molecule has 0 aliphatic carbocycles. The normalized spacial score (nSPS) is 9.94. The second-order valence-corrected chi connectivity index (χ2v) is 3.59. The van der Waals surface area contributed by atoms with Crippen molar-refractivity contribution in [3.63, 3.8) is 0 Å². The minimum absolute atomic E-state index is 0.157. The maximum Gasteiger partial charge on any atom is 0.335 e. The van der Waals surface area contributed by atoms with Gasteiger partial charge in [0, 0.05) is 6.20 Å². The van der Waals surface area contributed by atoms with Gasteiger partial charge in [0.1, 0.15) is 16.8 Å². The number of nitrogens with zero attached hydrogens (tertiary/aromatic N) is 2. The number of hydrogen-bond donors (Lipinski definition) is 2. The molecule has 0 aliphatic heterocycles. The fourth-order valence-corrected chi connectivity index (χ4v) is 1.40. The van der Waals surface area contributed by atoms with Crippen LogP contribution >= 0.6 is 11.6 Å². The van der Waals surface area contributed by atoms with Crippen molar-refractivity contribution in [2.24, 2.45) is 0 Å². The third kappa shape index (κ3) is 2.92.